The largest absolute Gasteiger partial charge is 0.463 e. The smallest absolute Gasteiger partial charge is 0.330 e. The topological polar surface area (TPSA) is 78.3 Å². The molecule has 0 heterocycles. The zero-order valence-electron chi connectivity index (χ0n) is 14.8. The monoisotopic (exact) mass is 458 g/mol. The van der Waals surface area contributed by atoms with Crippen LogP contribution in [0.2, 0.25) is 10.0 Å². The van der Waals surface area contributed by atoms with Crippen LogP contribution < -0.4 is 11.5 Å². The first-order valence-electron chi connectivity index (χ1n) is 7.77. The maximum absolute atomic E-state index is 11.1. The van der Waals surface area contributed by atoms with Crippen LogP contribution >= 0.6 is 39.1 Å². The number of nitrogens with two attached hydrogens (primary N) is 2. The van der Waals surface area contributed by atoms with Gasteiger partial charge >= 0.3 is 5.97 Å². The number of ether oxygens (including phenoxy) is 1. The predicted octanol–water partition coefficient (Wildman–Crippen LogP) is 5.80. The van der Waals surface area contributed by atoms with Crippen LogP contribution in [0.5, 0.6) is 0 Å². The Morgan fingerprint density at radius 2 is 1.62 bits per heavy atom. The van der Waals surface area contributed by atoms with Gasteiger partial charge in [0.25, 0.3) is 0 Å². The molecule has 2 rings (SSSR count). The highest BCUT2D eigenvalue weighted by Gasteiger charge is 2.02. The molecule has 0 bridgehead atoms. The second-order valence-electron chi connectivity index (χ2n) is 5.44. The minimum atomic E-state index is -0.380. The summed E-state index contributed by atoms with van der Waals surface area (Å²) in [7, 11) is 0. The van der Waals surface area contributed by atoms with Gasteiger partial charge in [-0.3, -0.25) is 0 Å². The molecule has 0 saturated carbocycles. The van der Waals surface area contributed by atoms with Gasteiger partial charge in [-0.25, -0.2) is 4.79 Å². The third-order valence-corrected chi connectivity index (χ3v) is 4.83. The molecule has 26 heavy (non-hydrogen) atoms. The van der Waals surface area contributed by atoms with Crippen molar-refractivity contribution >= 4 is 62.6 Å². The van der Waals surface area contributed by atoms with E-state index in [0.717, 1.165) is 21.2 Å². The van der Waals surface area contributed by atoms with Gasteiger partial charge in [-0.1, -0.05) is 23.2 Å². The van der Waals surface area contributed by atoms with Gasteiger partial charge in [-0.05, 0) is 83.7 Å². The lowest BCUT2D eigenvalue weighted by Crippen LogP contribution is -1.99. The van der Waals surface area contributed by atoms with Crippen LogP contribution in [-0.4, -0.2) is 12.6 Å². The first-order valence-corrected chi connectivity index (χ1v) is 9.32. The molecule has 2 aromatic carbocycles. The molecule has 0 aromatic heterocycles. The van der Waals surface area contributed by atoms with Crippen molar-refractivity contribution in [3.63, 3.8) is 0 Å². The van der Waals surface area contributed by atoms with E-state index in [1.165, 1.54) is 6.08 Å². The first-order chi connectivity index (χ1) is 12.1. The van der Waals surface area contributed by atoms with E-state index < -0.39 is 0 Å². The van der Waals surface area contributed by atoms with Crippen LogP contribution in [0.25, 0.3) is 6.08 Å². The lowest BCUT2D eigenvalue weighted by Gasteiger charge is -2.04. The standard InChI is InChI=1S/C12H14ClNO2.C7H7BrClN/c1-3-16-12(15)5-4-9-6-8(2)10(13)7-11(9)14;1-4-2-5(8)7(10)3-6(4)9/h4-7H,3,14H2,1-2H3;2-3H,10H2,1H3/b5-4+;. The quantitative estimate of drug-likeness (QED) is 0.345. The average molecular weight is 460 g/mol. The SMILES string of the molecule is CCOC(=O)/C=C/c1cc(C)c(Cl)cc1N.Cc1cc(Br)c(N)cc1Cl. The molecular weight excluding hydrogens is 439 g/mol. The van der Waals surface area contributed by atoms with Crippen molar-refractivity contribution in [3.05, 3.63) is 61.5 Å². The summed E-state index contributed by atoms with van der Waals surface area (Å²) in [5, 5.41) is 1.33. The van der Waals surface area contributed by atoms with E-state index in [1.54, 1.807) is 25.1 Å². The highest BCUT2D eigenvalue weighted by molar-refractivity contribution is 9.10. The highest BCUT2D eigenvalue weighted by Crippen LogP contribution is 2.26. The van der Waals surface area contributed by atoms with Gasteiger partial charge in [0.15, 0.2) is 0 Å². The van der Waals surface area contributed by atoms with Gasteiger partial charge in [0.1, 0.15) is 0 Å². The van der Waals surface area contributed by atoms with E-state index in [0.29, 0.717) is 28.0 Å². The van der Waals surface area contributed by atoms with Crippen molar-refractivity contribution in [2.75, 3.05) is 18.1 Å². The van der Waals surface area contributed by atoms with E-state index in [-0.39, 0.29) is 5.97 Å². The number of hydrogen-bond donors (Lipinski definition) is 2. The minimum Gasteiger partial charge on any atom is -0.463 e. The Balaban J connectivity index is 0.000000289. The van der Waals surface area contributed by atoms with Crippen LogP contribution in [0.15, 0.2) is 34.8 Å². The normalized spacial score (nSPS) is 10.4. The molecule has 0 unspecified atom stereocenters. The summed E-state index contributed by atoms with van der Waals surface area (Å²) in [6.07, 6.45) is 2.97. The fourth-order valence-electron chi connectivity index (χ4n) is 1.87. The molecule has 0 aliphatic heterocycles. The Labute approximate surface area is 172 Å². The van der Waals surface area contributed by atoms with Crippen molar-refractivity contribution in [3.8, 4) is 0 Å². The summed E-state index contributed by atoms with van der Waals surface area (Å²) in [5.74, 6) is -0.380. The Morgan fingerprint density at radius 1 is 1.08 bits per heavy atom. The number of anilines is 2. The van der Waals surface area contributed by atoms with Gasteiger partial charge in [0.2, 0.25) is 0 Å². The maximum atomic E-state index is 11.1. The van der Waals surface area contributed by atoms with E-state index in [1.807, 2.05) is 26.0 Å². The van der Waals surface area contributed by atoms with E-state index >= 15 is 0 Å². The molecule has 0 aliphatic carbocycles. The number of carbonyl (C=O) groups is 1. The molecule has 7 heteroatoms. The van der Waals surface area contributed by atoms with Gasteiger partial charge in [-0.15, -0.1) is 0 Å². The number of nitrogen functional groups attached to an aromatic ring is 2. The fraction of sp³-hybridized carbons (Fsp3) is 0.211. The van der Waals surface area contributed by atoms with Gasteiger partial charge in [0, 0.05) is 32.0 Å². The summed E-state index contributed by atoms with van der Waals surface area (Å²) in [6, 6.07) is 7.13. The lowest BCUT2D eigenvalue weighted by atomic mass is 10.1. The van der Waals surface area contributed by atoms with Gasteiger partial charge in [0.05, 0.1) is 6.61 Å². The zero-order valence-corrected chi connectivity index (χ0v) is 17.9. The Morgan fingerprint density at radius 3 is 2.15 bits per heavy atom. The Kier molecular flexibility index (Phi) is 8.99. The molecule has 4 N–H and O–H groups in total. The molecule has 0 saturated heterocycles. The molecular formula is C19H21BrCl2N2O2. The van der Waals surface area contributed by atoms with Crippen LogP contribution in [-0.2, 0) is 9.53 Å². The number of aryl methyl sites for hydroxylation is 2. The number of esters is 1. The zero-order chi connectivity index (χ0) is 19.9. The number of halogens is 3. The summed E-state index contributed by atoms with van der Waals surface area (Å²) in [5.41, 5.74) is 15.2. The van der Waals surface area contributed by atoms with Crippen molar-refractivity contribution in [1.82, 2.24) is 0 Å². The van der Waals surface area contributed by atoms with E-state index in [4.69, 9.17) is 39.4 Å². The van der Waals surface area contributed by atoms with Crippen molar-refractivity contribution < 1.29 is 9.53 Å². The average Bonchev–Trinajstić information content (AvgIpc) is 2.56. The third kappa shape index (κ3) is 6.90. The molecule has 0 fully saturated rings. The molecule has 0 spiro atoms. The number of benzene rings is 2. The number of hydrogen-bond acceptors (Lipinski definition) is 4. The summed E-state index contributed by atoms with van der Waals surface area (Å²) in [6.45, 7) is 5.93. The molecule has 2 aromatic rings. The van der Waals surface area contributed by atoms with Crippen molar-refractivity contribution in [2.24, 2.45) is 0 Å². The maximum Gasteiger partial charge on any atom is 0.330 e. The summed E-state index contributed by atoms with van der Waals surface area (Å²) in [4.78, 5) is 11.1. The fourth-order valence-corrected chi connectivity index (χ4v) is 2.68. The molecule has 0 radical (unpaired) electrons. The molecule has 140 valence electrons. The van der Waals surface area contributed by atoms with Crippen molar-refractivity contribution in [2.45, 2.75) is 20.8 Å². The molecule has 0 aliphatic rings. The van der Waals surface area contributed by atoms with Crippen LogP contribution in [0.1, 0.15) is 23.6 Å². The second kappa shape index (κ2) is 10.5. The van der Waals surface area contributed by atoms with Crippen molar-refractivity contribution in [1.29, 1.82) is 0 Å². The molecule has 0 amide bonds. The lowest BCUT2D eigenvalue weighted by molar-refractivity contribution is -0.137. The van der Waals surface area contributed by atoms with Gasteiger partial charge in [-0.2, -0.15) is 0 Å². The van der Waals surface area contributed by atoms with Crippen LogP contribution in [0.4, 0.5) is 11.4 Å². The molecule has 4 nitrogen and oxygen atoms in total. The third-order valence-electron chi connectivity index (χ3n) is 3.33. The predicted molar refractivity (Wildman–Crippen MR) is 115 cm³/mol. The molecule has 0 atom stereocenters. The van der Waals surface area contributed by atoms with Crippen LogP contribution in [0, 0.1) is 13.8 Å². The Hall–Kier alpha value is -1.69. The number of rotatable bonds is 3. The summed E-state index contributed by atoms with van der Waals surface area (Å²) < 4.78 is 5.66. The van der Waals surface area contributed by atoms with E-state index in [9.17, 15) is 4.79 Å². The highest BCUT2D eigenvalue weighted by atomic mass is 79.9. The second-order valence-corrected chi connectivity index (χ2v) is 7.11. The van der Waals surface area contributed by atoms with E-state index in [2.05, 4.69) is 15.9 Å². The number of carbonyl (C=O) groups excluding carboxylic acids is 1. The summed E-state index contributed by atoms with van der Waals surface area (Å²) >= 11 is 15.0. The van der Waals surface area contributed by atoms with Gasteiger partial charge < -0.3 is 16.2 Å². The Bertz CT molecular complexity index is 773. The first kappa shape index (κ1) is 22.4. The minimum absolute atomic E-state index is 0.359. The van der Waals surface area contributed by atoms with Crippen LogP contribution in [0.3, 0.4) is 0 Å².